The summed E-state index contributed by atoms with van der Waals surface area (Å²) < 4.78 is 27.8. The number of aryl methyl sites for hydroxylation is 2. The number of benzene rings is 2. The predicted molar refractivity (Wildman–Crippen MR) is 97.7 cm³/mol. The lowest BCUT2D eigenvalue weighted by molar-refractivity contribution is -0.119. The van der Waals surface area contributed by atoms with Crippen LogP contribution in [0.15, 0.2) is 41.3 Å². The van der Waals surface area contributed by atoms with Gasteiger partial charge < -0.3 is 10.1 Å². The maximum Gasteiger partial charge on any atom is 0.338 e. The van der Waals surface area contributed by atoms with Gasteiger partial charge in [0.25, 0.3) is 5.91 Å². The minimum Gasteiger partial charge on any atom is -0.452 e. The molecule has 0 spiro atoms. The number of hydrogen-bond acceptors (Lipinski definition) is 5. The number of primary sulfonamides is 1. The zero-order chi connectivity index (χ0) is 19.5. The Morgan fingerprint density at radius 3 is 2.35 bits per heavy atom. The van der Waals surface area contributed by atoms with Crippen LogP contribution in [0, 0.1) is 13.8 Å². The summed E-state index contributed by atoms with van der Waals surface area (Å²) in [5.41, 5.74) is 2.31. The molecule has 9 heteroatoms. The van der Waals surface area contributed by atoms with E-state index in [0.717, 1.165) is 17.2 Å². The highest BCUT2D eigenvalue weighted by Gasteiger charge is 2.18. The first-order valence-corrected chi connectivity index (χ1v) is 9.37. The molecule has 0 fully saturated rings. The van der Waals surface area contributed by atoms with Crippen molar-refractivity contribution in [3.05, 3.63) is 58.1 Å². The summed E-state index contributed by atoms with van der Waals surface area (Å²) in [6, 6.07) is 9.05. The molecular formula is C17H17ClN2O5S. The molecule has 0 bridgehead atoms. The number of carbonyl (C=O) groups is 2. The maximum absolute atomic E-state index is 12.0. The normalized spacial score (nSPS) is 11.1. The predicted octanol–water partition coefficient (Wildman–Crippen LogP) is 2.40. The third-order valence-corrected chi connectivity index (χ3v) is 4.95. The molecule has 0 saturated carbocycles. The van der Waals surface area contributed by atoms with Gasteiger partial charge in [-0.3, -0.25) is 4.79 Å². The van der Waals surface area contributed by atoms with Crippen molar-refractivity contribution in [3.8, 4) is 0 Å². The van der Waals surface area contributed by atoms with E-state index in [-0.39, 0.29) is 10.6 Å². The average Bonchev–Trinajstić information content (AvgIpc) is 2.55. The van der Waals surface area contributed by atoms with E-state index in [0.29, 0.717) is 5.69 Å². The van der Waals surface area contributed by atoms with Crippen LogP contribution in [0.2, 0.25) is 5.02 Å². The fraction of sp³-hybridized carbons (Fsp3) is 0.176. The molecule has 0 heterocycles. The molecule has 0 radical (unpaired) electrons. The Kier molecular flexibility index (Phi) is 6.01. The van der Waals surface area contributed by atoms with Gasteiger partial charge in [0.1, 0.15) is 4.90 Å². The molecule has 0 aliphatic heterocycles. The maximum atomic E-state index is 12.0. The zero-order valence-electron chi connectivity index (χ0n) is 14.1. The highest BCUT2D eigenvalue weighted by molar-refractivity contribution is 7.89. The van der Waals surface area contributed by atoms with E-state index in [4.69, 9.17) is 21.5 Å². The van der Waals surface area contributed by atoms with Crippen LogP contribution < -0.4 is 10.5 Å². The summed E-state index contributed by atoms with van der Waals surface area (Å²) in [6.45, 7) is 3.16. The molecule has 2 aromatic rings. The molecule has 3 N–H and O–H groups in total. The molecule has 0 atom stereocenters. The van der Waals surface area contributed by atoms with Gasteiger partial charge in [-0.05, 0) is 43.2 Å². The monoisotopic (exact) mass is 396 g/mol. The quantitative estimate of drug-likeness (QED) is 0.753. The lowest BCUT2D eigenvalue weighted by atomic mass is 10.1. The lowest BCUT2D eigenvalue weighted by Crippen LogP contribution is -2.22. The number of rotatable bonds is 5. The third-order valence-electron chi connectivity index (χ3n) is 3.55. The number of nitrogens with one attached hydrogen (secondary N) is 1. The molecule has 7 nitrogen and oxygen atoms in total. The van der Waals surface area contributed by atoms with E-state index < -0.39 is 33.4 Å². The molecule has 0 aromatic heterocycles. The van der Waals surface area contributed by atoms with Crippen molar-refractivity contribution in [1.29, 1.82) is 0 Å². The Bertz CT molecular complexity index is 953. The van der Waals surface area contributed by atoms with Gasteiger partial charge in [-0.25, -0.2) is 18.4 Å². The first-order chi connectivity index (χ1) is 12.1. The fourth-order valence-corrected chi connectivity index (χ4v) is 3.32. The van der Waals surface area contributed by atoms with Crippen LogP contribution in [-0.4, -0.2) is 26.9 Å². The Morgan fingerprint density at radius 2 is 1.77 bits per heavy atom. The summed E-state index contributed by atoms with van der Waals surface area (Å²) in [5.74, 6) is -1.39. The lowest BCUT2D eigenvalue weighted by Gasteiger charge is -2.12. The number of carbonyl (C=O) groups excluding carboxylic acids is 2. The topological polar surface area (TPSA) is 116 Å². The van der Waals surface area contributed by atoms with Gasteiger partial charge in [0.05, 0.1) is 10.6 Å². The molecule has 0 saturated heterocycles. The highest BCUT2D eigenvalue weighted by atomic mass is 35.5. The summed E-state index contributed by atoms with van der Waals surface area (Å²) >= 11 is 5.76. The second-order valence-electron chi connectivity index (χ2n) is 5.58. The van der Waals surface area contributed by atoms with Gasteiger partial charge in [-0.2, -0.15) is 0 Å². The van der Waals surface area contributed by atoms with E-state index in [1.54, 1.807) is 0 Å². The largest absolute Gasteiger partial charge is 0.452 e. The van der Waals surface area contributed by atoms with Crippen molar-refractivity contribution in [2.24, 2.45) is 5.14 Å². The number of ether oxygens (including phenoxy) is 1. The Balaban J connectivity index is 2.06. The van der Waals surface area contributed by atoms with Crippen molar-refractivity contribution in [2.75, 3.05) is 11.9 Å². The smallest absolute Gasteiger partial charge is 0.338 e. The van der Waals surface area contributed by atoms with Crippen molar-refractivity contribution >= 4 is 39.2 Å². The summed E-state index contributed by atoms with van der Waals surface area (Å²) in [5, 5.41) is 7.60. The summed E-state index contributed by atoms with van der Waals surface area (Å²) in [6.07, 6.45) is 0. The molecule has 138 valence electrons. The number of amides is 1. The van der Waals surface area contributed by atoms with Gasteiger partial charge in [-0.15, -0.1) is 0 Å². The number of nitrogens with two attached hydrogens (primary N) is 1. The molecule has 2 rings (SSSR count). The number of sulfonamides is 1. The van der Waals surface area contributed by atoms with Crippen LogP contribution in [0.3, 0.4) is 0 Å². The van der Waals surface area contributed by atoms with Gasteiger partial charge in [0.15, 0.2) is 6.61 Å². The minimum absolute atomic E-state index is 0.0849. The number of esters is 1. The highest BCUT2D eigenvalue weighted by Crippen LogP contribution is 2.22. The van der Waals surface area contributed by atoms with E-state index in [1.807, 2.05) is 32.0 Å². The van der Waals surface area contributed by atoms with E-state index in [9.17, 15) is 18.0 Å². The standard InChI is InChI=1S/C17H17ClN2O5S/c1-10-4-3-5-11(2)16(10)20-15(21)9-25-17(22)12-6-7-13(18)14(8-12)26(19,23)24/h3-8H,9H2,1-2H3,(H,20,21)(H2,19,23,24). The number of halogens is 1. The molecule has 0 aliphatic rings. The van der Waals surface area contributed by atoms with E-state index in [1.165, 1.54) is 12.1 Å². The van der Waals surface area contributed by atoms with Crippen LogP contribution >= 0.6 is 11.6 Å². The van der Waals surface area contributed by atoms with Crippen molar-refractivity contribution in [2.45, 2.75) is 18.7 Å². The average molecular weight is 397 g/mol. The van der Waals surface area contributed by atoms with Gasteiger partial charge >= 0.3 is 5.97 Å². The van der Waals surface area contributed by atoms with Gasteiger partial charge in [0.2, 0.25) is 10.0 Å². The number of anilines is 1. The Hall–Kier alpha value is -2.42. The van der Waals surface area contributed by atoms with Crippen LogP contribution in [0.25, 0.3) is 0 Å². The minimum atomic E-state index is -4.09. The molecule has 2 aromatic carbocycles. The number of para-hydroxylation sites is 1. The van der Waals surface area contributed by atoms with Crippen LogP contribution in [0.5, 0.6) is 0 Å². The Morgan fingerprint density at radius 1 is 1.15 bits per heavy atom. The van der Waals surface area contributed by atoms with Gasteiger partial charge in [-0.1, -0.05) is 29.8 Å². The Labute approximate surface area is 156 Å². The molecule has 0 unspecified atom stereocenters. The third kappa shape index (κ3) is 4.81. The van der Waals surface area contributed by atoms with E-state index in [2.05, 4.69) is 5.32 Å². The van der Waals surface area contributed by atoms with Crippen molar-refractivity contribution in [1.82, 2.24) is 0 Å². The zero-order valence-corrected chi connectivity index (χ0v) is 15.6. The summed E-state index contributed by atoms with van der Waals surface area (Å²) in [4.78, 5) is 23.7. The molecule has 26 heavy (non-hydrogen) atoms. The SMILES string of the molecule is Cc1cccc(C)c1NC(=O)COC(=O)c1ccc(Cl)c(S(N)(=O)=O)c1. The first kappa shape index (κ1) is 19.9. The molecule has 1 amide bonds. The number of hydrogen-bond donors (Lipinski definition) is 2. The van der Waals surface area contributed by atoms with Crippen LogP contribution in [0.1, 0.15) is 21.5 Å². The summed E-state index contributed by atoms with van der Waals surface area (Å²) in [7, 11) is -4.09. The van der Waals surface area contributed by atoms with Crippen LogP contribution in [-0.2, 0) is 19.6 Å². The second kappa shape index (κ2) is 7.86. The van der Waals surface area contributed by atoms with Crippen molar-refractivity contribution in [3.63, 3.8) is 0 Å². The molecular weight excluding hydrogens is 380 g/mol. The van der Waals surface area contributed by atoms with Gasteiger partial charge in [0, 0.05) is 5.69 Å². The van der Waals surface area contributed by atoms with Crippen LogP contribution in [0.4, 0.5) is 5.69 Å². The second-order valence-corrected chi connectivity index (χ2v) is 7.52. The van der Waals surface area contributed by atoms with Crippen molar-refractivity contribution < 1.29 is 22.7 Å². The van der Waals surface area contributed by atoms with E-state index >= 15 is 0 Å². The fourth-order valence-electron chi connectivity index (χ4n) is 2.25. The molecule has 0 aliphatic carbocycles. The first-order valence-electron chi connectivity index (χ1n) is 7.45.